The van der Waals surface area contributed by atoms with E-state index in [1.165, 1.54) is 18.2 Å². The summed E-state index contributed by atoms with van der Waals surface area (Å²) in [6.07, 6.45) is -1.39. The third-order valence-electron chi connectivity index (χ3n) is 1.91. The SMILES string of the molecule is COC(=O)OS(=O)(=O)c1ccccc1C(=O)OC. The van der Waals surface area contributed by atoms with Crippen molar-refractivity contribution in [1.82, 2.24) is 0 Å². The van der Waals surface area contributed by atoms with Gasteiger partial charge in [0.2, 0.25) is 0 Å². The molecular formula is C10H10O7S. The van der Waals surface area contributed by atoms with Crippen LogP contribution in [0.15, 0.2) is 29.2 Å². The van der Waals surface area contributed by atoms with Gasteiger partial charge < -0.3 is 13.7 Å². The van der Waals surface area contributed by atoms with Gasteiger partial charge >= 0.3 is 22.2 Å². The quantitative estimate of drug-likeness (QED) is 0.597. The van der Waals surface area contributed by atoms with Crippen LogP contribution >= 0.6 is 0 Å². The van der Waals surface area contributed by atoms with E-state index in [1.807, 2.05) is 0 Å². The number of esters is 1. The summed E-state index contributed by atoms with van der Waals surface area (Å²) in [7, 11) is -2.37. The smallest absolute Gasteiger partial charge is 0.465 e. The first-order chi connectivity index (χ1) is 8.42. The van der Waals surface area contributed by atoms with Crippen molar-refractivity contribution in [2.75, 3.05) is 14.2 Å². The highest BCUT2D eigenvalue weighted by Crippen LogP contribution is 2.19. The van der Waals surface area contributed by atoms with Crippen LogP contribution in [-0.4, -0.2) is 34.8 Å². The highest BCUT2D eigenvalue weighted by Gasteiger charge is 2.26. The van der Waals surface area contributed by atoms with Crippen molar-refractivity contribution in [3.63, 3.8) is 0 Å². The molecule has 18 heavy (non-hydrogen) atoms. The summed E-state index contributed by atoms with van der Waals surface area (Å²) in [4.78, 5) is 21.7. The zero-order valence-electron chi connectivity index (χ0n) is 9.58. The molecule has 0 unspecified atom stereocenters. The van der Waals surface area contributed by atoms with Gasteiger partial charge in [0, 0.05) is 0 Å². The number of hydrogen-bond acceptors (Lipinski definition) is 7. The third kappa shape index (κ3) is 2.98. The number of benzene rings is 1. The zero-order chi connectivity index (χ0) is 13.8. The average molecular weight is 274 g/mol. The molecule has 0 saturated carbocycles. The van der Waals surface area contributed by atoms with Gasteiger partial charge in [-0.3, -0.25) is 0 Å². The van der Waals surface area contributed by atoms with Gasteiger partial charge in [0.15, 0.2) is 0 Å². The first-order valence-electron chi connectivity index (χ1n) is 4.62. The lowest BCUT2D eigenvalue weighted by atomic mass is 10.2. The van der Waals surface area contributed by atoms with E-state index in [9.17, 15) is 18.0 Å². The second kappa shape index (κ2) is 5.50. The minimum absolute atomic E-state index is 0.232. The van der Waals surface area contributed by atoms with Gasteiger partial charge in [-0.25, -0.2) is 9.59 Å². The van der Waals surface area contributed by atoms with Crippen LogP contribution in [0.5, 0.6) is 0 Å². The third-order valence-corrected chi connectivity index (χ3v) is 3.16. The fourth-order valence-corrected chi connectivity index (χ4v) is 2.13. The lowest BCUT2D eigenvalue weighted by Crippen LogP contribution is -2.16. The van der Waals surface area contributed by atoms with Gasteiger partial charge in [0.25, 0.3) is 0 Å². The van der Waals surface area contributed by atoms with Gasteiger partial charge in [-0.1, -0.05) is 12.1 Å². The van der Waals surface area contributed by atoms with Gasteiger partial charge in [-0.05, 0) is 12.1 Å². The van der Waals surface area contributed by atoms with Crippen LogP contribution in [-0.2, 0) is 23.8 Å². The summed E-state index contributed by atoms with van der Waals surface area (Å²) in [6, 6.07) is 5.17. The molecule has 0 aromatic heterocycles. The van der Waals surface area contributed by atoms with E-state index in [0.29, 0.717) is 0 Å². The van der Waals surface area contributed by atoms with Crippen molar-refractivity contribution in [2.45, 2.75) is 4.90 Å². The zero-order valence-corrected chi connectivity index (χ0v) is 10.4. The van der Waals surface area contributed by atoms with Gasteiger partial charge in [0.05, 0.1) is 19.8 Å². The minimum Gasteiger partial charge on any atom is -0.465 e. The number of hydrogen-bond donors (Lipinski definition) is 0. The molecule has 0 spiro atoms. The van der Waals surface area contributed by atoms with Crippen LogP contribution in [0, 0.1) is 0 Å². The molecule has 0 aliphatic rings. The highest BCUT2D eigenvalue weighted by molar-refractivity contribution is 7.87. The van der Waals surface area contributed by atoms with E-state index in [-0.39, 0.29) is 5.56 Å². The molecule has 98 valence electrons. The van der Waals surface area contributed by atoms with Crippen molar-refractivity contribution < 1.29 is 31.7 Å². The second-order valence-electron chi connectivity index (χ2n) is 2.98. The number of carbonyl (C=O) groups excluding carboxylic acids is 2. The van der Waals surface area contributed by atoms with Crippen molar-refractivity contribution in [3.05, 3.63) is 29.8 Å². The molecule has 7 nitrogen and oxygen atoms in total. The summed E-state index contributed by atoms with van der Waals surface area (Å²) in [5.41, 5.74) is -0.232. The molecule has 0 fully saturated rings. The largest absolute Gasteiger partial charge is 0.524 e. The number of rotatable bonds is 3. The first-order valence-corrected chi connectivity index (χ1v) is 6.03. The summed E-state index contributed by atoms with van der Waals surface area (Å²) in [5, 5.41) is 0. The molecule has 0 N–H and O–H groups in total. The predicted molar refractivity (Wildman–Crippen MR) is 58.5 cm³/mol. The Balaban J connectivity index is 3.24. The van der Waals surface area contributed by atoms with E-state index >= 15 is 0 Å². The van der Waals surface area contributed by atoms with Crippen molar-refractivity contribution >= 4 is 22.2 Å². The predicted octanol–water partition coefficient (Wildman–Crippen LogP) is 0.945. The normalized spacial score (nSPS) is 10.6. The molecule has 0 aliphatic carbocycles. The average Bonchev–Trinajstić information content (AvgIpc) is 2.37. The Kier molecular flexibility index (Phi) is 4.27. The van der Waals surface area contributed by atoms with Gasteiger partial charge in [-0.2, -0.15) is 8.42 Å². The molecular weight excluding hydrogens is 264 g/mol. The summed E-state index contributed by atoms with van der Waals surface area (Å²) in [6.45, 7) is 0. The highest BCUT2D eigenvalue weighted by atomic mass is 32.2. The Morgan fingerprint density at radius 1 is 1.06 bits per heavy atom. The number of carbonyl (C=O) groups is 2. The fraction of sp³-hybridized carbons (Fsp3) is 0.200. The maximum absolute atomic E-state index is 11.7. The van der Waals surface area contributed by atoms with E-state index < -0.39 is 27.1 Å². The van der Waals surface area contributed by atoms with E-state index in [1.54, 1.807) is 0 Å². The lowest BCUT2D eigenvalue weighted by molar-refractivity contribution is 0.0595. The van der Waals surface area contributed by atoms with Crippen molar-refractivity contribution in [3.8, 4) is 0 Å². The molecule has 1 aromatic carbocycles. The molecule has 1 rings (SSSR count). The molecule has 0 aliphatic heterocycles. The van der Waals surface area contributed by atoms with Gasteiger partial charge in [-0.15, -0.1) is 0 Å². The molecule has 1 aromatic rings. The monoisotopic (exact) mass is 274 g/mol. The molecule has 8 heteroatoms. The standard InChI is InChI=1S/C10H10O7S/c1-15-9(11)7-5-3-4-6-8(7)18(13,14)17-10(12)16-2/h3-6H,1-2H3. The molecule has 0 radical (unpaired) electrons. The maximum atomic E-state index is 11.7. The lowest BCUT2D eigenvalue weighted by Gasteiger charge is -2.07. The summed E-state index contributed by atoms with van der Waals surface area (Å²) < 4.78 is 36.0. The van der Waals surface area contributed by atoms with Crippen molar-refractivity contribution in [1.29, 1.82) is 0 Å². The number of ether oxygens (including phenoxy) is 2. The Hall–Kier alpha value is -2.09. The number of methoxy groups -OCH3 is 2. The van der Waals surface area contributed by atoms with E-state index in [4.69, 9.17) is 0 Å². The summed E-state index contributed by atoms with van der Waals surface area (Å²) >= 11 is 0. The van der Waals surface area contributed by atoms with Crippen LogP contribution in [0.1, 0.15) is 10.4 Å². The molecule has 0 heterocycles. The Bertz CT molecular complexity index is 561. The Morgan fingerprint density at radius 3 is 2.22 bits per heavy atom. The van der Waals surface area contributed by atoms with Crippen molar-refractivity contribution in [2.24, 2.45) is 0 Å². The minimum atomic E-state index is -4.43. The molecule has 0 bridgehead atoms. The van der Waals surface area contributed by atoms with Crippen LogP contribution in [0.25, 0.3) is 0 Å². The molecule has 0 amide bonds. The fourth-order valence-electron chi connectivity index (χ4n) is 1.13. The Labute approximate surface area is 103 Å². The topological polar surface area (TPSA) is 96.0 Å². The Morgan fingerprint density at radius 2 is 1.67 bits per heavy atom. The molecule has 0 saturated heterocycles. The van der Waals surface area contributed by atoms with Gasteiger partial charge in [0.1, 0.15) is 4.90 Å². The molecule has 0 atom stereocenters. The maximum Gasteiger partial charge on any atom is 0.524 e. The first kappa shape index (κ1) is 14.0. The van der Waals surface area contributed by atoms with Crippen LogP contribution in [0.3, 0.4) is 0 Å². The van der Waals surface area contributed by atoms with E-state index in [0.717, 1.165) is 20.3 Å². The summed E-state index contributed by atoms with van der Waals surface area (Å²) in [5.74, 6) is -0.859. The van der Waals surface area contributed by atoms with Crippen LogP contribution in [0.4, 0.5) is 4.79 Å². The second-order valence-corrected chi connectivity index (χ2v) is 4.49. The van der Waals surface area contributed by atoms with Crippen LogP contribution in [0.2, 0.25) is 0 Å². The van der Waals surface area contributed by atoms with E-state index in [2.05, 4.69) is 13.7 Å². The van der Waals surface area contributed by atoms with Crippen LogP contribution < -0.4 is 0 Å².